The van der Waals surface area contributed by atoms with Crippen LogP contribution >= 0.6 is 0 Å². The van der Waals surface area contributed by atoms with Crippen LogP contribution in [0.15, 0.2) is 18.3 Å². The second kappa shape index (κ2) is 3.18. The number of hydrogen-bond donors (Lipinski definition) is 1. The minimum atomic E-state index is -0.922. The summed E-state index contributed by atoms with van der Waals surface area (Å²) in [5, 5.41) is 9.04. The van der Waals surface area contributed by atoms with Gasteiger partial charge in [0.15, 0.2) is 0 Å². The molecular weight excluding hydrogens is 208 g/mol. The first kappa shape index (κ1) is 9.59. The fourth-order valence-electron chi connectivity index (χ4n) is 2.30. The van der Waals surface area contributed by atoms with Gasteiger partial charge in [0.25, 0.3) is 0 Å². The molecule has 5 heteroatoms. The lowest BCUT2D eigenvalue weighted by molar-refractivity contribution is -0.127. The lowest BCUT2D eigenvalue weighted by Crippen LogP contribution is -2.66. The Kier molecular flexibility index (Phi) is 1.91. The SMILES string of the molecule is O=C(O)c1cccnc1N1CC2(COC2)C1. The highest BCUT2D eigenvalue weighted by atomic mass is 16.5. The predicted octanol–water partition coefficient (Wildman–Crippen LogP) is 0.616. The van der Waals surface area contributed by atoms with E-state index in [4.69, 9.17) is 9.84 Å². The largest absolute Gasteiger partial charge is 0.478 e. The van der Waals surface area contributed by atoms with Gasteiger partial charge in [-0.2, -0.15) is 0 Å². The van der Waals surface area contributed by atoms with Crippen molar-refractivity contribution in [2.24, 2.45) is 5.41 Å². The molecule has 2 aliphatic heterocycles. The van der Waals surface area contributed by atoms with Crippen LogP contribution in [0.2, 0.25) is 0 Å². The van der Waals surface area contributed by atoms with E-state index in [0.29, 0.717) is 5.82 Å². The Morgan fingerprint density at radius 2 is 2.25 bits per heavy atom. The first-order valence-electron chi connectivity index (χ1n) is 5.21. The van der Waals surface area contributed by atoms with Crippen molar-refractivity contribution in [2.75, 3.05) is 31.2 Å². The highest BCUT2D eigenvalue weighted by molar-refractivity contribution is 5.93. The minimum absolute atomic E-state index is 0.271. The van der Waals surface area contributed by atoms with Crippen molar-refractivity contribution in [3.8, 4) is 0 Å². The van der Waals surface area contributed by atoms with Gasteiger partial charge in [0.05, 0.1) is 18.6 Å². The predicted molar refractivity (Wildman–Crippen MR) is 56.7 cm³/mol. The molecule has 16 heavy (non-hydrogen) atoms. The summed E-state index contributed by atoms with van der Waals surface area (Å²) in [4.78, 5) is 17.2. The van der Waals surface area contributed by atoms with Crippen LogP contribution < -0.4 is 4.90 Å². The molecule has 2 fully saturated rings. The molecule has 0 radical (unpaired) electrons. The van der Waals surface area contributed by atoms with Gasteiger partial charge in [-0.3, -0.25) is 0 Å². The summed E-state index contributed by atoms with van der Waals surface area (Å²) in [5.41, 5.74) is 0.547. The summed E-state index contributed by atoms with van der Waals surface area (Å²) in [6, 6.07) is 3.24. The maximum atomic E-state index is 11.0. The number of aromatic carboxylic acids is 1. The van der Waals surface area contributed by atoms with Crippen molar-refractivity contribution in [2.45, 2.75) is 0 Å². The van der Waals surface area contributed by atoms with Gasteiger partial charge in [0.2, 0.25) is 0 Å². The molecule has 2 saturated heterocycles. The molecule has 0 aromatic carbocycles. The number of hydrogen-bond acceptors (Lipinski definition) is 4. The van der Waals surface area contributed by atoms with Crippen LogP contribution in [0.25, 0.3) is 0 Å². The first-order chi connectivity index (χ1) is 7.70. The molecule has 5 nitrogen and oxygen atoms in total. The molecule has 3 heterocycles. The summed E-state index contributed by atoms with van der Waals surface area (Å²) >= 11 is 0. The summed E-state index contributed by atoms with van der Waals surface area (Å²) in [6.45, 7) is 3.28. The van der Waals surface area contributed by atoms with Crippen LogP contribution in [-0.2, 0) is 4.74 Å². The van der Waals surface area contributed by atoms with Gasteiger partial charge in [-0.25, -0.2) is 9.78 Å². The van der Waals surface area contributed by atoms with Crippen LogP contribution in [0.5, 0.6) is 0 Å². The van der Waals surface area contributed by atoms with Crippen LogP contribution in [0, 0.1) is 5.41 Å². The first-order valence-corrected chi connectivity index (χ1v) is 5.21. The molecule has 3 rings (SSSR count). The second-order valence-electron chi connectivity index (χ2n) is 4.53. The lowest BCUT2D eigenvalue weighted by atomic mass is 9.78. The van der Waals surface area contributed by atoms with Gasteiger partial charge in [-0.15, -0.1) is 0 Å². The third kappa shape index (κ3) is 1.28. The van der Waals surface area contributed by atoms with Crippen LogP contribution in [0.4, 0.5) is 5.82 Å². The zero-order chi connectivity index (χ0) is 11.2. The third-order valence-corrected chi connectivity index (χ3v) is 3.19. The Hall–Kier alpha value is -1.62. The maximum absolute atomic E-state index is 11.0. The van der Waals surface area contributed by atoms with E-state index in [0.717, 1.165) is 26.3 Å². The summed E-state index contributed by atoms with van der Waals surface area (Å²) in [5.74, 6) is -0.346. The van der Waals surface area contributed by atoms with E-state index in [2.05, 4.69) is 4.98 Å². The number of pyridine rings is 1. The Morgan fingerprint density at radius 1 is 1.50 bits per heavy atom. The summed E-state index contributed by atoms with van der Waals surface area (Å²) in [7, 11) is 0. The molecule has 84 valence electrons. The average molecular weight is 220 g/mol. The van der Waals surface area contributed by atoms with E-state index >= 15 is 0 Å². The van der Waals surface area contributed by atoms with Gasteiger partial charge >= 0.3 is 5.97 Å². The Labute approximate surface area is 92.7 Å². The molecule has 1 spiro atoms. The molecule has 1 aromatic heterocycles. The third-order valence-electron chi connectivity index (χ3n) is 3.19. The summed E-state index contributed by atoms with van der Waals surface area (Å²) in [6.07, 6.45) is 1.63. The van der Waals surface area contributed by atoms with E-state index < -0.39 is 5.97 Å². The number of carbonyl (C=O) groups is 1. The molecule has 1 N–H and O–H groups in total. The van der Waals surface area contributed by atoms with Crippen molar-refractivity contribution in [1.82, 2.24) is 4.98 Å². The number of nitrogens with zero attached hydrogens (tertiary/aromatic N) is 2. The Balaban J connectivity index is 1.82. The minimum Gasteiger partial charge on any atom is -0.478 e. The van der Waals surface area contributed by atoms with Gasteiger partial charge in [-0.1, -0.05) is 0 Å². The molecule has 0 amide bonds. The van der Waals surface area contributed by atoms with E-state index in [1.165, 1.54) is 0 Å². The number of ether oxygens (including phenoxy) is 1. The van der Waals surface area contributed by atoms with Crippen molar-refractivity contribution in [3.63, 3.8) is 0 Å². The van der Waals surface area contributed by atoms with Gasteiger partial charge in [-0.05, 0) is 12.1 Å². The van der Waals surface area contributed by atoms with E-state index in [9.17, 15) is 4.79 Å². The Bertz CT molecular complexity index is 435. The van der Waals surface area contributed by atoms with Crippen molar-refractivity contribution < 1.29 is 14.6 Å². The Morgan fingerprint density at radius 3 is 2.81 bits per heavy atom. The van der Waals surface area contributed by atoms with Gasteiger partial charge in [0.1, 0.15) is 11.4 Å². The van der Waals surface area contributed by atoms with Crippen molar-refractivity contribution >= 4 is 11.8 Å². The molecule has 0 aliphatic carbocycles. The van der Waals surface area contributed by atoms with Crippen LogP contribution in [0.1, 0.15) is 10.4 Å². The van der Waals surface area contributed by atoms with E-state index in [-0.39, 0.29) is 11.0 Å². The normalized spacial score (nSPS) is 21.4. The van der Waals surface area contributed by atoms with E-state index in [1.807, 2.05) is 4.90 Å². The van der Waals surface area contributed by atoms with E-state index in [1.54, 1.807) is 18.3 Å². The van der Waals surface area contributed by atoms with Crippen molar-refractivity contribution in [3.05, 3.63) is 23.9 Å². The zero-order valence-corrected chi connectivity index (χ0v) is 8.72. The molecule has 0 unspecified atom stereocenters. The molecular formula is C11H12N2O3. The second-order valence-corrected chi connectivity index (χ2v) is 4.53. The maximum Gasteiger partial charge on any atom is 0.339 e. The molecule has 0 saturated carbocycles. The summed E-state index contributed by atoms with van der Waals surface area (Å²) < 4.78 is 5.18. The van der Waals surface area contributed by atoms with Crippen LogP contribution in [0.3, 0.4) is 0 Å². The molecule has 0 bridgehead atoms. The standard InChI is InChI=1S/C11H12N2O3/c14-10(15)8-2-1-3-12-9(8)13-4-11(5-13)6-16-7-11/h1-3H,4-7H2,(H,14,15). The van der Waals surface area contributed by atoms with Crippen molar-refractivity contribution in [1.29, 1.82) is 0 Å². The quantitative estimate of drug-likeness (QED) is 0.791. The fourth-order valence-corrected chi connectivity index (χ4v) is 2.30. The zero-order valence-electron chi connectivity index (χ0n) is 8.72. The van der Waals surface area contributed by atoms with Crippen LogP contribution in [-0.4, -0.2) is 42.4 Å². The number of carboxylic acids is 1. The number of anilines is 1. The van der Waals surface area contributed by atoms with Gasteiger partial charge < -0.3 is 14.7 Å². The highest BCUT2D eigenvalue weighted by Gasteiger charge is 2.50. The molecule has 1 aromatic rings. The average Bonchev–Trinajstić information content (AvgIpc) is 2.14. The fraction of sp³-hybridized carbons (Fsp3) is 0.455. The number of carboxylic acid groups (broad SMARTS) is 1. The lowest BCUT2D eigenvalue weighted by Gasteiger charge is -2.55. The molecule has 0 atom stereocenters. The topological polar surface area (TPSA) is 62.7 Å². The number of rotatable bonds is 2. The molecule has 2 aliphatic rings. The number of aromatic nitrogens is 1. The highest BCUT2D eigenvalue weighted by Crippen LogP contribution is 2.40. The monoisotopic (exact) mass is 220 g/mol. The van der Waals surface area contributed by atoms with Gasteiger partial charge in [0, 0.05) is 19.3 Å². The smallest absolute Gasteiger partial charge is 0.339 e.